The molecule has 1 aromatic heterocycles. The average molecular weight is 164 g/mol. The molecule has 0 aromatic carbocycles. The summed E-state index contributed by atoms with van der Waals surface area (Å²) in [5.74, 6) is -0.809. The van der Waals surface area contributed by atoms with Crippen molar-refractivity contribution in [1.29, 1.82) is 5.41 Å². The van der Waals surface area contributed by atoms with Crippen LogP contribution in [0.1, 0.15) is 16.2 Å². The van der Waals surface area contributed by atoms with Crippen LogP contribution >= 0.6 is 0 Å². The molecule has 1 aromatic rings. The van der Waals surface area contributed by atoms with Gasteiger partial charge in [-0.2, -0.15) is 0 Å². The van der Waals surface area contributed by atoms with E-state index in [1.54, 1.807) is 6.07 Å². The number of hydrogen-bond donors (Lipinski definition) is 3. The van der Waals surface area contributed by atoms with Crippen molar-refractivity contribution in [3.8, 4) is 0 Å². The van der Waals surface area contributed by atoms with Crippen molar-refractivity contribution >= 4 is 11.7 Å². The van der Waals surface area contributed by atoms with Gasteiger partial charge in [0.15, 0.2) is 0 Å². The van der Waals surface area contributed by atoms with Gasteiger partial charge in [-0.15, -0.1) is 0 Å². The molecule has 12 heavy (non-hydrogen) atoms. The first kappa shape index (κ1) is 8.19. The molecule has 0 aliphatic heterocycles. The minimum Gasteiger partial charge on any atom is -0.382 e. The van der Waals surface area contributed by atoms with Crippen LogP contribution in [0.2, 0.25) is 0 Å². The third-order valence-corrected chi connectivity index (χ3v) is 1.28. The van der Waals surface area contributed by atoms with E-state index in [1.165, 1.54) is 12.1 Å². The zero-order chi connectivity index (χ0) is 9.14. The summed E-state index contributed by atoms with van der Waals surface area (Å²) in [7, 11) is 0. The molecular formula is C7H8N4O. The van der Waals surface area contributed by atoms with E-state index in [9.17, 15) is 4.79 Å². The molecule has 0 aliphatic rings. The van der Waals surface area contributed by atoms with Gasteiger partial charge in [0, 0.05) is 0 Å². The normalized spacial score (nSPS) is 9.33. The van der Waals surface area contributed by atoms with Gasteiger partial charge in [0.05, 0.1) is 0 Å². The van der Waals surface area contributed by atoms with E-state index in [0.717, 1.165) is 0 Å². The Labute approximate surface area is 68.9 Å². The highest BCUT2D eigenvalue weighted by atomic mass is 16.1. The zero-order valence-corrected chi connectivity index (χ0v) is 6.24. The van der Waals surface area contributed by atoms with E-state index in [4.69, 9.17) is 16.9 Å². The highest BCUT2D eigenvalue weighted by molar-refractivity contribution is 5.95. The average Bonchev–Trinajstić information content (AvgIpc) is 2.04. The molecule has 0 radical (unpaired) electrons. The van der Waals surface area contributed by atoms with E-state index in [0.29, 0.717) is 0 Å². The van der Waals surface area contributed by atoms with E-state index in [1.807, 2.05) is 0 Å². The van der Waals surface area contributed by atoms with Crippen molar-refractivity contribution in [2.24, 2.45) is 11.5 Å². The first-order valence-electron chi connectivity index (χ1n) is 3.22. The number of nitrogens with one attached hydrogen (secondary N) is 1. The zero-order valence-electron chi connectivity index (χ0n) is 6.24. The number of nitrogen functional groups attached to an aromatic ring is 1. The second kappa shape index (κ2) is 3.00. The van der Waals surface area contributed by atoms with E-state index in [2.05, 4.69) is 4.98 Å². The number of amides is 1. The minimum absolute atomic E-state index is 0.114. The van der Waals surface area contributed by atoms with Gasteiger partial charge in [0.1, 0.15) is 17.2 Å². The van der Waals surface area contributed by atoms with Crippen molar-refractivity contribution in [2.45, 2.75) is 0 Å². The van der Waals surface area contributed by atoms with Gasteiger partial charge in [-0.3, -0.25) is 10.2 Å². The summed E-state index contributed by atoms with van der Waals surface area (Å²) in [6, 6.07) is 4.58. The fraction of sp³-hybridized carbons (Fsp3) is 0. The summed E-state index contributed by atoms with van der Waals surface area (Å²) in [5, 5.41) is 7.04. The van der Waals surface area contributed by atoms with E-state index >= 15 is 0 Å². The van der Waals surface area contributed by atoms with Crippen molar-refractivity contribution in [1.82, 2.24) is 4.98 Å². The second-order valence-electron chi connectivity index (χ2n) is 2.19. The van der Waals surface area contributed by atoms with Gasteiger partial charge >= 0.3 is 0 Å². The number of nitrogens with two attached hydrogens (primary N) is 2. The highest BCUT2D eigenvalue weighted by Crippen LogP contribution is 1.97. The number of aromatic nitrogens is 1. The Hall–Kier alpha value is -1.91. The molecule has 0 bridgehead atoms. The smallest absolute Gasteiger partial charge is 0.267 e. The van der Waals surface area contributed by atoms with Gasteiger partial charge in [-0.05, 0) is 12.1 Å². The Balaban J connectivity index is 3.12. The van der Waals surface area contributed by atoms with Gasteiger partial charge in [0.25, 0.3) is 5.91 Å². The van der Waals surface area contributed by atoms with Crippen molar-refractivity contribution in [3.63, 3.8) is 0 Å². The number of pyridine rings is 1. The quantitative estimate of drug-likeness (QED) is 0.404. The van der Waals surface area contributed by atoms with Gasteiger partial charge < -0.3 is 11.5 Å². The molecule has 62 valence electrons. The van der Waals surface area contributed by atoms with Crippen molar-refractivity contribution < 1.29 is 4.79 Å². The molecule has 0 saturated carbocycles. The predicted molar refractivity (Wildman–Crippen MR) is 43.8 cm³/mol. The Kier molecular flexibility index (Phi) is 2.05. The van der Waals surface area contributed by atoms with Crippen molar-refractivity contribution in [3.05, 3.63) is 29.6 Å². The molecule has 0 aliphatic carbocycles. The van der Waals surface area contributed by atoms with Crippen LogP contribution < -0.4 is 11.5 Å². The number of nitrogens with zero attached hydrogens (tertiary/aromatic N) is 1. The summed E-state index contributed by atoms with van der Waals surface area (Å²) in [4.78, 5) is 14.4. The lowest BCUT2D eigenvalue weighted by atomic mass is 10.3. The molecule has 1 amide bonds. The van der Waals surface area contributed by atoms with Gasteiger partial charge in [-0.25, -0.2) is 4.98 Å². The number of amidine groups is 1. The third-order valence-electron chi connectivity index (χ3n) is 1.28. The highest BCUT2D eigenvalue weighted by Gasteiger charge is 2.03. The molecule has 0 atom stereocenters. The molecule has 0 unspecified atom stereocenters. The van der Waals surface area contributed by atoms with E-state index < -0.39 is 5.91 Å². The summed E-state index contributed by atoms with van der Waals surface area (Å²) in [6.45, 7) is 0. The second-order valence-corrected chi connectivity index (χ2v) is 2.19. The van der Waals surface area contributed by atoms with Crippen LogP contribution in [0.3, 0.4) is 0 Å². The number of rotatable bonds is 2. The molecule has 5 heteroatoms. The largest absolute Gasteiger partial charge is 0.382 e. The molecule has 5 nitrogen and oxygen atoms in total. The lowest BCUT2D eigenvalue weighted by Crippen LogP contribution is -2.18. The van der Waals surface area contributed by atoms with Crippen LogP contribution in [0.15, 0.2) is 18.2 Å². The Bertz CT molecular complexity index is 305. The number of carbonyl (C=O) groups excluding carboxylic acids is 1. The molecule has 5 N–H and O–H groups in total. The van der Waals surface area contributed by atoms with Crippen LogP contribution in [-0.4, -0.2) is 16.7 Å². The fourth-order valence-corrected chi connectivity index (χ4v) is 0.722. The lowest BCUT2D eigenvalue weighted by molar-refractivity contribution is 0.0995. The molecule has 0 spiro atoms. The Morgan fingerprint density at radius 1 is 1.33 bits per heavy atom. The maximum absolute atomic E-state index is 10.6. The number of hydrogen-bond acceptors (Lipinski definition) is 3. The van der Waals surface area contributed by atoms with E-state index in [-0.39, 0.29) is 17.2 Å². The predicted octanol–water partition coefficient (Wildman–Crippen LogP) is -0.535. The first-order chi connectivity index (χ1) is 5.61. The Morgan fingerprint density at radius 3 is 2.42 bits per heavy atom. The number of primary amides is 1. The number of carbonyl (C=O) groups is 1. The maximum atomic E-state index is 10.6. The van der Waals surface area contributed by atoms with Crippen LogP contribution in [0.25, 0.3) is 0 Å². The summed E-state index contributed by atoms with van der Waals surface area (Å²) >= 11 is 0. The van der Waals surface area contributed by atoms with Crippen LogP contribution in [0.5, 0.6) is 0 Å². The minimum atomic E-state index is -0.627. The molecular weight excluding hydrogens is 156 g/mol. The standard InChI is InChI=1S/C7H8N4O/c8-6(9)4-2-1-3-5(11-4)7(10)12/h1-3H,(H3,8,9)(H2,10,12). The fourth-order valence-electron chi connectivity index (χ4n) is 0.722. The molecule has 1 heterocycles. The summed E-state index contributed by atoms with van der Waals surface area (Å²) in [6.07, 6.45) is 0. The van der Waals surface area contributed by atoms with Crippen LogP contribution in [-0.2, 0) is 0 Å². The summed E-state index contributed by atoms with van der Waals surface area (Å²) in [5.41, 5.74) is 10.5. The summed E-state index contributed by atoms with van der Waals surface area (Å²) < 4.78 is 0. The Morgan fingerprint density at radius 2 is 1.92 bits per heavy atom. The van der Waals surface area contributed by atoms with Gasteiger partial charge in [-0.1, -0.05) is 6.07 Å². The molecule has 1 rings (SSSR count). The molecule has 0 fully saturated rings. The topological polar surface area (TPSA) is 106 Å². The first-order valence-corrected chi connectivity index (χ1v) is 3.22. The van der Waals surface area contributed by atoms with Crippen LogP contribution in [0.4, 0.5) is 0 Å². The van der Waals surface area contributed by atoms with Crippen molar-refractivity contribution in [2.75, 3.05) is 0 Å². The molecule has 0 saturated heterocycles. The third kappa shape index (κ3) is 1.57. The SMILES string of the molecule is N=C(N)c1cccc(C(N)=O)n1. The van der Waals surface area contributed by atoms with Crippen LogP contribution in [0, 0.1) is 5.41 Å². The lowest BCUT2D eigenvalue weighted by Gasteiger charge is -1.98. The monoisotopic (exact) mass is 164 g/mol. The maximum Gasteiger partial charge on any atom is 0.267 e. The van der Waals surface area contributed by atoms with Gasteiger partial charge in [0.2, 0.25) is 0 Å².